The predicted octanol–water partition coefficient (Wildman–Crippen LogP) is 9.82. The Bertz CT molecular complexity index is 3870. The van der Waals surface area contributed by atoms with Crippen molar-refractivity contribution in [3.63, 3.8) is 0 Å². The molecule has 1 aliphatic rings. The summed E-state index contributed by atoms with van der Waals surface area (Å²) in [6.45, 7) is 1.84. The van der Waals surface area contributed by atoms with Crippen LogP contribution < -0.4 is 11.0 Å². The van der Waals surface area contributed by atoms with Crippen LogP contribution >= 0.6 is 11.3 Å². The monoisotopic (exact) mass is 741 g/mol. The predicted molar refractivity (Wildman–Crippen MR) is 227 cm³/mol. The van der Waals surface area contributed by atoms with Gasteiger partial charge in [0.05, 0.1) is 33.1 Å². The van der Waals surface area contributed by atoms with Gasteiger partial charge in [-0.3, -0.25) is 23.2 Å². The van der Waals surface area contributed by atoms with Crippen LogP contribution in [0.5, 0.6) is 0 Å². The molecule has 1 aliphatic carbocycles. The van der Waals surface area contributed by atoms with Gasteiger partial charge < -0.3 is 4.57 Å². The van der Waals surface area contributed by atoms with Crippen molar-refractivity contribution >= 4 is 103 Å². The number of para-hydroxylation sites is 4. The minimum atomic E-state index is -0.0220. The summed E-state index contributed by atoms with van der Waals surface area (Å²) < 4.78 is 7.07. The van der Waals surface area contributed by atoms with E-state index < -0.39 is 0 Å². The van der Waals surface area contributed by atoms with Crippen molar-refractivity contribution < 1.29 is 4.79 Å². The summed E-state index contributed by atoms with van der Waals surface area (Å²) in [5.74, 6) is 0.0464. The molecule has 7 aromatic carbocycles. The maximum absolute atomic E-state index is 13.6. The summed E-state index contributed by atoms with van der Waals surface area (Å²) >= 11 is 1.65. The summed E-state index contributed by atoms with van der Waals surface area (Å²) in [6, 6.07) is 39.6. The van der Waals surface area contributed by atoms with Gasteiger partial charge in [-0.1, -0.05) is 78.1 Å². The van der Waals surface area contributed by atoms with Crippen LogP contribution in [0.2, 0.25) is 0 Å². The smallest absolute Gasteiger partial charge is 0.264 e. The van der Waals surface area contributed by atoms with Crippen molar-refractivity contribution in [2.75, 3.05) is 0 Å². The van der Waals surface area contributed by atoms with Crippen molar-refractivity contribution in [3.8, 4) is 11.1 Å². The van der Waals surface area contributed by atoms with E-state index in [0.29, 0.717) is 22.2 Å². The minimum absolute atomic E-state index is 0.0220. The van der Waals surface area contributed by atoms with Crippen molar-refractivity contribution in [1.82, 2.24) is 23.3 Å². The number of hydrogen-bond donors (Lipinski definition) is 0. The second-order valence-electron chi connectivity index (χ2n) is 14.6. The molecule has 0 unspecified atom stereocenters. The lowest BCUT2D eigenvalue weighted by molar-refractivity contribution is 0.104. The molecule has 56 heavy (non-hydrogen) atoms. The summed E-state index contributed by atoms with van der Waals surface area (Å²) in [5, 5.41) is 6.40. The van der Waals surface area contributed by atoms with Gasteiger partial charge >= 0.3 is 0 Å². The normalized spacial score (nSPS) is 12.6. The van der Waals surface area contributed by atoms with Gasteiger partial charge in [0, 0.05) is 72.3 Å². The fourth-order valence-electron chi connectivity index (χ4n) is 9.13. The maximum Gasteiger partial charge on any atom is 0.264 e. The fraction of sp³-hybridized carbons (Fsp3) is 0.0426. The minimum Gasteiger partial charge on any atom is -0.350 e. The molecule has 13 rings (SSSR count). The molecule has 0 bridgehead atoms. The lowest BCUT2D eigenvalue weighted by atomic mass is 9.82. The highest BCUT2D eigenvalue weighted by molar-refractivity contribution is 7.23. The Labute approximate surface area is 320 Å². The van der Waals surface area contributed by atoms with Crippen LogP contribution in [0.3, 0.4) is 0 Å². The number of rotatable bonds is 0. The van der Waals surface area contributed by atoms with E-state index in [0.717, 1.165) is 91.8 Å². The Balaban J connectivity index is 0.000000127. The molecule has 0 saturated heterocycles. The molecule has 264 valence electrons. The molecule has 0 radical (unpaired) electrons. The largest absolute Gasteiger partial charge is 0.350 e. The standard InChI is InChI=1S/C25H12N4OS.C22H15NO2/c30-24-14-9-11-19-22-20(31-25-27-16-6-2-3-7-17(16)28(19)25)12-10-13(21(14)22)23-26-15-5-1-4-8-18(15)29(23)24;1-12-11-23(2)20-15-8-5-9-16-19(15)17(10-18(20)21(12)24)13-6-3-4-7-14(13)22(16)25/h1-12H;3-11H,1-2H3. The number of pyridine rings is 2. The zero-order chi connectivity index (χ0) is 37.6. The number of hydrogen-bond acceptors (Lipinski definition) is 6. The van der Waals surface area contributed by atoms with E-state index in [1.165, 1.54) is 0 Å². The van der Waals surface area contributed by atoms with Gasteiger partial charge in [-0.2, -0.15) is 0 Å². The molecular formula is C47H27N5O3S. The van der Waals surface area contributed by atoms with E-state index in [1.807, 2.05) is 122 Å². The molecule has 0 spiro atoms. The van der Waals surface area contributed by atoms with Gasteiger partial charge in [-0.05, 0) is 72.6 Å². The number of nitrogens with zero attached hydrogens (tertiary/aromatic N) is 5. The van der Waals surface area contributed by atoms with E-state index in [1.54, 1.807) is 15.7 Å². The molecule has 0 aliphatic heterocycles. The van der Waals surface area contributed by atoms with Crippen LogP contribution in [0, 0.1) is 6.92 Å². The fourth-order valence-corrected chi connectivity index (χ4v) is 10.2. The van der Waals surface area contributed by atoms with Gasteiger partial charge in [0.25, 0.3) is 5.56 Å². The van der Waals surface area contributed by atoms with Gasteiger partial charge in [-0.25, -0.2) is 9.97 Å². The van der Waals surface area contributed by atoms with Crippen LogP contribution in [0.1, 0.15) is 21.5 Å². The summed E-state index contributed by atoms with van der Waals surface area (Å²) in [4.78, 5) is 50.0. The molecule has 5 heterocycles. The first-order valence-electron chi connectivity index (χ1n) is 18.3. The lowest BCUT2D eigenvalue weighted by Crippen LogP contribution is -2.14. The van der Waals surface area contributed by atoms with Crippen LogP contribution in [-0.4, -0.2) is 29.1 Å². The SMILES string of the molecule is Cc1cn(C)c2c(cc3c4c(cccc42)C(=O)c2ccccc2-3)c1=O.O=c1c2ccc3c4c(ccc(c24)c2nc4ccccc4n12)sc1nc2ccccc2n13. The number of carbonyl (C=O) groups excluding carboxylic acids is 1. The number of ketones is 1. The zero-order valence-electron chi connectivity index (χ0n) is 30.0. The first-order chi connectivity index (χ1) is 27.4. The van der Waals surface area contributed by atoms with Gasteiger partial charge in [0.2, 0.25) is 0 Å². The maximum atomic E-state index is 13.6. The third-order valence-corrected chi connectivity index (χ3v) is 12.5. The van der Waals surface area contributed by atoms with E-state index in [9.17, 15) is 14.4 Å². The summed E-state index contributed by atoms with van der Waals surface area (Å²) in [5.41, 5.74) is 10.4. The Hall–Kier alpha value is -7.23. The van der Waals surface area contributed by atoms with Crippen molar-refractivity contribution in [1.29, 1.82) is 0 Å². The van der Waals surface area contributed by atoms with Crippen molar-refractivity contribution in [2.24, 2.45) is 7.05 Å². The first kappa shape index (κ1) is 31.2. The highest BCUT2D eigenvalue weighted by Gasteiger charge is 2.27. The molecule has 12 aromatic rings. The molecule has 0 fully saturated rings. The molecule has 0 amide bonds. The second-order valence-corrected chi connectivity index (χ2v) is 15.6. The third-order valence-electron chi connectivity index (χ3n) is 11.5. The van der Waals surface area contributed by atoms with Crippen molar-refractivity contribution in [2.45, 2.75) is 6.92 Å². The number of fused-ring (bicyclic) bond motifs is 12. The number of benzene rings is 7. The lowest BCUT2D eigenvalue weighted by Gasteiger charge is -2.22. The number of imidazole rings is 2. The number of aryl methyl sites for hydroxylation is 2. The molecular weight excluding hydrogens is 715 g/mol. The Morgan fingerprint density at radius 1 is 0.554 bits per heavy atom. The average Bonchev–Trinajstić information content (AvgIpc) is 3.81. The molecule has 8 nitrogen and oxygen atoms in total. The van der Waals surface area contributed by atoms with Crippen molar-refractivity contribution in [3.05, 3.63) is 165 Å². The molecule has 5 aromatic heterocycles. The number of carbonyl (C=O) groups is 1. The first-order valence-corrected chi connectivity index (χ1v) is 19.2. The van der Waals surface area contributed by atoms with Gasteiger partial charge in [0.1, 0.15) is 5.65 Å². The highest BCUT2D eigenvalue weighted by Crippen LogP contribution is 2.42. The van der Waals surface area contributed by atoms with E-state index in [2.05, 4.69) is 28.7 Å². The van der Waals surface area contributed by atoms with Crippen LogP contribution in [-0.2, 0) is 7.05 Å². The zero-order valence-corrected chi connectivity index (χ0v) is 30.8. The van der Waals surface area contributed by atoms with E-state index in [-0.39, 0.29) is 16.8 Å². The van der Waals surface area contributed by atoms with E-state index in [4.69, 9.17) is 9.97 Å². The Morgan fingerprint density at radius 3 is 2.07 bits per heavy atom. The third kappa shape index (κ3) is 3.94. The number of aromatic nitrogens is 5. The topological polar surface area (TPSA) is 90.7 Å². The van der Waals surface area contributed by atoms with Gasteiger partial charge in [0.15, 0.2) is 16.2 Å². The second kappa shape index (κ2) is 10.9. The Kier molecular flexibility index (Phi) is 6.08. The van der Waals surface area contributed by atoms with Crippen LogP contribution in [0.4, 0.5) is 0 Å². The molecule has 0 N–H and O–H groups in total. The van der Waals surface area contributed by atoms with Crippen LogP contribution in [0.25, 0.3) is 97.2 Å². The summed E-state index contributed by atoms with van der Waals surface area (Å²) in [6.07, 6.45) is 1.86. The highest BCUT2D eigenvalue weighted by atomic mass is 32.1. The average molecular weight is 742 g/mol. The van der Waals surface area contributed by atoms with Gasteiger partial charge in [-0.15, -0.1) is 0 Å². The van der Waals surface area contributed by atoms with Crippen LogP contribution in [0.15, 0.2) is 137 Å². The molecule has 9 heteroatoms. The molecule has 0 atom stereocenters. The Morgan fingerprint density at radius 2 is 1.25 bits per heavy atom. The molecule has 0 saturated carbocycles. The van der Waals surface area contributed by atoms with E-state index >= 15 is 0 Å². The quantitative estimate of drug-likeness (QED) is 0.144. The summed E-state index contributed by atoms with van der Waals surface area (Å²) in [7, 11) is 1.95.